The van der Waals surface area contributed by atoms with Gasteiger partial charge in [0.05, 0.1) is 12.8 Å². The Bertz CT molecular complexity index is 637. The van der Waals surface area contributed by atoms with Gasteiger partial charge < -0.3 is 14.2 Å². The van der Waals surface area contributed by atoms with Crippen molar-refractivity contribution in [2.75, 3.05) is 19.0 Å². The lowest BCUT2D eigenvalue weighted by Crippen LogP contribution is -2.42. The van der Waals surface area contributed by atoms with Crippen LogP contribution in [0.1, 0.15) is 25.1 Å². The monoisotopic (exact) mass is 317 g/mol. The molecule has 6 heteroatoms. The maximum absolute atomic E-state index is 12.4. The van der Waals surface area contributed by atoms with Gasteiger partial charge in [-0.25, -0.2) is 4.79 Å². The van der Waals surface area contributed by atoms with E-state index in [0.717, 1.165) is 23.4 Å². The zero-order chi connectivity index (χ0) is 16.8. The highest BCUT2D eigenvalue weighted by molar-refractivity contribution is 5.88. The predicted molar refractivity (Wildman–Crippen MR) is 88.8 cm³/mol. The summed E-state index contributed by atoms with van der Waals surface area (Å²) in [5.74, 6) is 1.19. The van der Waals surface area contributed by atoms with Gasteiger partial charge in [-0.1, -0.05) is 17.3 Å². The molecule has 0 bridgehead atoms. The van der Waals surface area contributed by atoms with E-state index in [1.807, 2.05) is 45.0 Å². The molecule has 0 saturated carbocycles. The Morgan fingerprint density at radius 1 is 1.39 bits per heavy atom. The van der Waals surface area contributed by atoms with Crippen LogP contribution in [-0.2, 0) is 6.42 Å². The number of likely N-dealkylation sites (N-methyl/N-ethyl adjacent to an activating group) is 1. The molecule has 1 aromatic carbocycles. The summed E-state index contributed by atoms with van der Waals surface area (Å²) < 4.78 is 10.2. The summed E-state index contributed by atoms with van der Waals surface area (Å²) >= 11 is 0. The highest BCUT2D eigenvalue weighted by Gasteiger charge is 2.20. The van der Waals surface area contributed by atoms with Crippen molar-refractivity contribution >= 4 is 11.9 Å². The van der Waals surface area contributed by atoms with Gasteiger partial charge in [-0.15, -0.1) is 0 Å². The van der Waals surface area contributed by atoms with Gasteiger partial charge in [-0.3, -0.25) is 5.32 Å². The first-order valence-corrected chi connectivity index (χ1v) is 7.67. The third-order valence-corrected chi connectivity index (χ3v) is 3.68. The van der Waals surface area contributed by atoms with Crippen LogP contribution in [0.3, 0.4) is 0 Å². The van der Waals surface area contributed by atoms with Gasteiger partial charge in [0, 0.05) is 18.7 Å². The lowest BCUT2D eigenvalue weighted by atomic mass is 10.1. The van der Waals surface area contributed by atoms with E-state index in [1.165, 1.54) is 0 Å². The van der Waals surface area contributed by atoms with Crippen LogP contribution in [-0.4, -0.2) is 35.8 Å². The summed E-state index contributed by atoms with van der Waals surface area (Å²) in [6.07, 6.45) is 0.765. The predicted octanol–water partition coefficient (Wildman–Crippen LogP) is 3.48. The number of hydrogen-bond donors (Lipinski definition) is 1. The molecule has 0 fully saturated rings. The Balaban J connectivity index is 1.98. The number of aromatic nitrogens is 1. The molecule has 23 heavy (non-hydrogen) atoms. The number of rotatable bonds is 6. The number of aryl methyl sites for hydroxylation is 1. The van der Waals surface area contributed by atoms with Crippen LogP contribution >= 0.6 is 0 Å². The lowest BCUT2D eigenvalue weighted by Gasteiger charge is -2.27. The summed E-state index contributed by atoms with van der Waals surface area (Å²) in [6.45, 7) is 6.40. The van der Waals surface area contributed by atoms with Crippen molar-refractivity contribution in [2.45, 2.75) is 33.2 Å². The van der Waals surface area contributed by atoms with Crippen LogP contribution in [0, 0.1) is 6.92 Å². The molecule has 0 aliphatic heterocycles. The van der Waals surface area contributed by atoms with Crippen LogP contribution in [0.4, 0.5) is 10.7 Å². The molecule has 1 atom stereocenters. The number of ether oxygens (including phenoxy) is 1. The molecule has 1 heterocycles. The minimum atomic E-state index is -0.190. The van der Waals surface area contributed by atoms with Crippen molar-refractivity contribution in [3.63, 3.8) is 0 Å². The van der Waals surface area contributed by atoms with Gasteiger partial charge in [-0.2, -0.15) is 0 Å². The van der Waals surface area contributed by atoms with E-state index < -0.39 is 0 Å². The largest absolute Gasteiger partial charge is 0.497 e. The van der Waals surface area contributed by atoms with Crippen molar-refractivity contribution < 1.29 is 14.1 Å². The van der Waals surface area contributed by atoms with Crippen molar-refractivity contribution in [3.05, 3.63) is 41.6 Å². The quantitative estimate of drug-likeness (QED) is 0.885. The summed E-state index contributed by atoms with van der Waals surface area (Å²) in [6, 6.07) is 9.44. The summed E-state index contributed by atoms with van der Waals surface area (Å²) in [5, 5.41) is 6.50. The van der Waals surface area contributed by atoms with Crippen LogP contribution in [0.5, 0.6) is 5.75 Å². The van der Waals surface area contributed by atoms with Gasteiger partial charge in [0.2, 0.25) is 5.88 Å². The molecule has 0 aliphatic carbocycles. The molecule has 1 aromatic heterocycles. The lowest BCUT2D eigenvalue weighted by molar-refractivity contribution is 0.195. The number of anilines is 1. The molecule has 0 spiro atoms. The number of nitrogens with zero attached hydrogens (tertiary/aromatic N) is 2. The molecule has 0 aliphatic rings. The Morgan fingerprint density at radius 3 is 2.61 bits per heavy atom. The van der Waals surface area contributed by atoms with Crippen LogP contribution in [0.25, 0.3) is 0 Å². The molecule has 2 rings (SSSR count). The molecule has 1 N–H and O–H groups in total. The van der Waals surface area contributed by atoms with Crippen molar-refractivity contribution in [1.29, 1.82) is 0 Å². The van der Waals surface area contributed by atoms with Gasteiger partial charge in [0.15, 0.2) is 0 Å². The molecule has 0 radical (unpaired) electrons. The second-order valence-electron chi connectivity index (χ2n) is 5.45. The number of nitrogens with one attached hydrogen (secondary N) is 1. The van der Waals surface area contributed by atoms with Crippen molar-refractivity contribution in [2.24, 2.45) is 0 Å². The second kappa shape index (κ2) is 7.67. The fourth-order valence-electron chi connectivity index (χ4n) is 2.47. The van der Waals surface area contributed by atoms with E-state index in [2.05, 4.69) is 10.5 Å². The Morgan fingerprint density at radius 2 is 2.09 bits per heavy atom. The van der Waals surface area contributed by atoms with Gasteiger partial charge >= 0.3 is 6.03 Å². The molecule has 1 unspecified atom stereocenters. The Labute approximate surface area is 136 Å². The zero-order valence-corrected chi connectivity index (χ0v) is 14.0. The molecular weight excluding hydrogens is 294 g/mol. The van der Waals surface area contributed by atoms with Gasteiger partial charge in [0.25, 0.3) is 0 Å². The fourth-order valence-corrected chi connectivity index (χ4v) is 2.47. The van der Waals surface area contributed by atoms with Gasteiger partial charge in [-0.05, 0) is 44.9 Å². The number of amides is 2. The standard InChI is InChI=1S/C17H23N3O3/c1-5-20(17(21)18-16-10-12(2)19-23-16)13(3)11-14-6-8-15(22-4)9-7-14/h6-10,13H,5,11H2,1-4H3,(H,18,21). The fraction of sp³-hybridized carbons (Fsp3) is 0.412. The maximum Gasteiger partial charge on any atom is 0.324 e. The third kappa shape index (κ3) is 4.48. The van der Waals surface area contributed by atoms with E-state index in [4.69, 9.17) is 9.26 Å². The number of urea groups is 1. The first-order chi connectivity index (χ1) is 11.0. The van der Waals surface area contributed by atoms with Crippen LogP contribution < -0.4 is 10.1 Å². The number of hydrogen-bond acceptors (Lipinski definition) is 4. The zero-order valence-electron chi connectivity index (χ0n) is 14.0. The van der Waals surface area contributed by atoms with E-state index in [-0.39, 0.29) is 12.1 Å². The summed E-state index contributed by atoms with van der Waals surface area (Å²) in [7, 11) is 1.64. The smallest absolute Gasteiger partial charge is 0.324 e. The van der Waals surface area contributed by atoms with E-state index >= 15 is 0 Å². The number of carbonyl (C=O) groups excluding carboxylic acids is 1. The van der Waals surface area contributed by atoms with E-state index in [0.29, 0.717) is 12.4 Å². The number of methoxy groups -OCH3 is 1. The summed E-state index contributed by atoms with van der Waals surface area (Å²) in [5.41, 5.74) is 1.88. The third-order valence-electron chi connectivity index (χ3n) is 3.68. The van der Waals surface area contributed by atoms with Crippen molar-refractivity contribution in [1.82, 2.24) is 10.1 Å². The highest BCUT2D eigenvalue weighted by Crippen LogP contribution is 2.16. The first-order valence-electron chi connectivity index (χ1n) is 7.67. The van der Waals surface area contributed by atoms with E-state index in [1.54, 1.807) is 18.1 Å². The number of carbonyl (C=O) groups is 1. The minimum Gasteiger partial charge on any atom is -0.497 e. The van der Waals surface area contributed by atoms with Gasteiger partial charge in [0.1, 0.15) is 5.75 Å². The normalized spacial score (nSPS) is 11.8. The Kier molecular flexibility index (Phi) is 5.62. The molecule has 2 amide bonds. The summed E-state index contributed by atoms with van der Waals surface area (Å²) in [4.78, 5) is 14.2. The highest BCUT2D eigenvalue weighted by atomic mass is 16.5. The Hall–Kier alpha value is -2.50. The first kappa shape index (κ1) is 16.9. The minimum absolute atomic E-state index is 0.0532. The SMILES string of the molecule is CCN(C(=O)Nc1cc(C)no1)C(C)Cc1ccc(OC)cc1. The average molecular weight is 317 g/mol. The maximum atomic E-state index is 12.4. The molecule has 0 saturated heterocycles. The average Bonchev–Trinajstić information content (AvgIpc) is 2.93. The second-order valence-corrected chi connectivity index (χ2v) is 5.45. The molecule has 2 aromatic rings. The number of benzene rings is 1. The molecular formula is C17H23N3O3. The molecule has 6 nitrogen and oxygen atoms in total. The van der Waals surface area contributed by atoms with Crippen LogP contribution in [0.2, 0.25) is 0 Å². The topological polar surface area (TPSA) is 67.6 Å². The van der Waals surface area contributed by atoms with Crippen LogP contribution in [0.15, 0.2) is 34.9 Å². The molecule has 124 valence electrons. The van der Waals surface area contributed by atoms with E-state index in [9.17, 15) is 4.79 Å². The van der Waals surface area contributed by atoms with Crippen molar-refractivity contribution in [3.8, 4) is 5.75 Å².